The topological polar surface area (TPSA) is 84.0 Å². The summed E-state index contributed by atoms with van der Waals surface area (Å²) in [7, 11) is 4.75. The van der Waals surface area contributed by atoms with Gasteiger partial charge in [0.25, 0.3) is 0 Å². The van der Waals surface area contributed by atoms with Crippen molar-refractivity contribution in [1.29, 1.82) is 0 Å². The van der Waals surface area contributed by atoms with Gasteiger partial charge in [0, 0.05) is 38.8 Å². The molecule has 0 aliphatic carbocycles. The second-order valence-corrected chi connectivity index (χ2v) is 4.45. The second-order valence-electron chi connectivity index (χ2n) is 4.06. The Kier molecular flexibility index (Phi) is 6.05. The van der Waals surface area contributed by atoms with Crippen molar-refractivity contribution < 1.29 is 4.92 Å². The number of rotatable bonds is 5. The highest BCUT2D eigenvalue weighted by Gasteiger charge is 2.27. The van der Waals surface area contributed by atoms with Gasteiger partial charge in [-0.15, -0.1) is 0 Å². The first-order valence-corrected chi connectivity index (χ1v) is 6.21. The van der Waals surface area contributed by atoms with Gasteiger partial charge in [-0.1, -0.05) is 17.7 Å². The number of pyridine rings is 1. The third-order valence-electron chi connectivity index (χ3n) is 2.61. The largest absolute Gasteiger partial charge is 0.353 e. The molecule has 1 aromatic heterocycles. The molecule has 0 saturated carbocycles. The van der Waals surface area contributed by atoms with Crippen molar-refractivity contribution in [1.82, 2.24) is 9.88 Å². The molecular formula is C12H16ClN5O2. The van der Waals surface area contributed by atoms with Crippen LogP contribution >= 0.6 is 11.6 Å². The molecule has 0 spiro atoms. The number of hydrogen-bond donors (Lipinski definition) is 0. The fraction of sp³-hybridized carbons (Fsp3) is 0.417. The number of aromatic nitrogens is 1. The molecule has 0 fully saturated rings. The second kappa shape index (κ2) is 7.54. The quantitative estimate of drug-likeness (QED) is 0.271. The van der Waals surface area contributed by atoms with Crippen LogP contribution in [-0.2, 0) is 6.54 Å². The Morgan fingerprint density at radius 1 is 1.60 bits per heavy atom. The lowest BCUT2D eigenvalue weighted by Gasteiger charge is -2.21. The van der Waals surface area contributed by atoms with Gasteiger partial charge in [0.1, 0.15) is 5.15 Å². The molecule has 1 unspecified atom stereocenters. The van der Waals surface area contributed by atoms with Crippen LogP contribution in [0.2, 0.25) is 5.15 Å². The zero-order valence-electron chi connectivity index (χ0n) is 11.5. The average molecular weight is 298 g/mol. The Labute approximate surface area is 122 Å². The van der Waals surface area contributed by atoms with Gasteiger partial charge in [-0.05, 0) is 11.6 Å². The number of aliphatic imine (C=N–C) groups is 2. The molecule has 0 aliphatic heterocycles. The lowest BCUT2D eigenvalue weighted by atomic mass is 10.2. The SMILES string of the molecule is CN=CC(C(=NC)N(C)Cc1ccc(Cl)nc1)[N+](=O)[O-]. The van der Waals surface area contributed by atoms with E-state index >= 15 is 0 Å². The first-order valence-electron chi connectivity index (χ1n) is 5.83. The summed E-state index contributed by atoms with van der Waals surface area (Å²) in [5.41, 5.74) is 0.883. The van der Waals surface area contributed by atoms with E-state index in [2.05, 4.69) is 15.0 Å². The van der Waals surface area contributed by atoms with Crippen molar-refractivity contribution in [3.63, 3.8) is 0 Å². The molecule has 0 bridgehead atoms. The van der Waals surface area contributed by atoms with E-state index in [0.29, 0.717) is 17.5 Å². The maximum atomic E-state index is 11.1. The van der Waals surface area contributed by atoms with Crippen LogP contribution in [0.25, 0.3) is 0 Å². The molecule has 8 heteroatoms. The monoisotopic (exact) mass is 297 g/mol. The van der Waals surface area contributed by atoms with Crippen molar-refractivity contribution in [3.8, 4) is 0 Å². The number of likely N-dealkylation sites (N-methyl/N-ethyl adjacent to an activating group) is 1. The van der Waals surface area contributed by atoms with Crippen LogP contribution in [0, 0.1) is 10.1 Å². The van der Waals surface area contributed by atoms with E-state index in [1.165, 1.54) is 20.3 Å². The predicted octanol–water partition coefficient (Wildman–Crippen LogP) is 1.54. The Balaban J connectivity index is 2.89. The molecule has 1 atom stereocenters. The van der Waals surface area contributed by atoms with Gasteiger partial charge < -0.3 is 4.90 Å². The van der Waals surface area contributed by atoms with Crippen LogP contribution in [0.3, 0.4) is 0 Å². The lowest BCUT2D eigenvalue weighted by Crippen LogP contribution is -2.41. The molecule has 0 aliphatic rings. The van der Waals surface area contributed by atoms with Crippen LogP contribution in [0.1, 0.15) is 5.56 Å². The van der Waals surface area contributed by atoms with Crippen molar-refractivity contribution >= 4 is 23.7 Å². The average Bonchev–Trinajstić information content (AvgIpc) is 2.41. The summed E-state index contributed by atoms with van der Waals surface area (Å²) in [5, 5.41) is 11.5. The Morgan fingerprint density at radius 3 is 2.75 bits per heavy atom. The van der Waals surface area contributed by atoms with Crippen molar-refractivity contribution in [2.45, 2.75) is 12.6 Å². The van der Waals surface area contributed by atoms with Gasteiger partial charge in [-0.3, -0.25) is 20.1 Å². The van der Waals surface area contributed by atoms with Crippen LogP contribution < -0.4 is 0 Å². The molecule has 1 aromatic rings. The summed E-state index contributed by atoms with van der Waals surface area (Å²) in [6, 6.07) is 2.43. The molecule has 1 heterocycles. The third kappa shape index (κ3) is 4.27. The molecule has 0 radical (unpaired) electrons. The Morgan fingerprint density at radius 2 is 2.30 bits per heavy atom. The summed E-state index contributed by atoms with van der Waals surface area (Å²) in [4.78, 5) is 24.0. The van der Waals surface area contributed by atoms with Gasteiger partial charge in [0.2, 0.25) is 0 Å². The highest BCUT2D eigenvalue weighted by atomic mass is 35.5. The Hall–Kier alpha value is -2.02. The number of halogens is 1. The van der Waals surface area contributed by atoms with Gasteiger partial charge in [-0.2, -0.15) is 0 Å². The smallest absolute Gasteiger partial charge is 0.303 e. The third-order valence-corrected chi connectivity index (χ3v) is 2.83. The molecule has 1 rings (SSSR count). The van der Waals surface area contributed by atoms with E-state index in [4.69, 9.17) is 11.6 Å². The van der Waals surface area contributed by atoms with Crippen molar-refractivity contribution in [2.24, 2.45) is 9.98 Å². The predicted molar refractivity (Wildman–Crippen MR) is 79.3 cm³/mol. The van der Waals surface area contributed by atoms with Gasteiger partial charge in [-0.25, -0.2) is 4.98 Å². The molecule has 0 saturated heterocycles. The van der Waals surface area contributed by atoms with Gasteiger partial charge >= 0.3 is 6.04 Å². The highest BCUT2D eigenvalue weighted by Crippen LogP contribution is 2.09. The molecule has 0 N–H and O–H groups in total. The lowest BCUT2D eigenvalue weighted by molar-refractivity contribution is -0.484. The minimum absolute atomic E-state index is 0.329. The van der Waals surface area contributed by atoms with E-state index in [-0.39, 0.29) is 0 Å². The number of nitrogens with zero attached hydrogens (tertiary/aromatic N) is 5. The van der Waals surface area contributed by atoms with Crippen LogP contribution in [0.15, 0.2) is 28.3 Å². The summed E-state index contributed by atoms with van der Waals surface area (Å²) >= 11 is 5.72. The fourth-order valence-electron chi connectivity index (χ4n) is 1.74. The van der Waals surface area contributed by atoms with E-state index in [0.717, 1.165) is 5.56 Å². The molecule has 0 amide bonds. The summed E-state index contributed by atoms with van der Waals surface area (Å²) in [6.07, 6.45) is 2.89. The minimum atomic E-state index is -1.06. The number of hydrogen-bond acceptors (Lipinski definition) is 5. The van der Waals surface area contributed by atoms with Crippen LogP contribution in [-0.4, -0.2) is 54.0 Å². The van der Waals surface area contributed by atoms with Crippen molar-refractivity contribution in [2.75, 3.05) is 21.1 Å². The standard InChI is InChI=1S/C12H16ClN5O2/c1-14-7-10(18(19)20)12(15-2)17(3)8-9-4-5-11(13)16-6-9/h4-7,10H,8H2,1-3H3. The maximum Gasteiger partial charge on any atom is 0.303 e. The van der Waals surface area contributed by atoms with Crippen LogP contribution in [0.4, 0.5) is 0 Å². The van der Waals surface area contributed by atoms with Gasteiger partial charge in [0.15, 0.2) is 5.84 Å². The highest BCUT2D eigenvalue weighted by molar-refractivity contribution is 6.29. The zero-order chi connectivity index (χ0) is 15.1. The van der Waals surface area contributed by atoms with E-state index in [1.807, 2.05) is 6.07 Å². The first-order chi connectivity index (χ1) is 9.49. The fourth-order valence-corrected chi connectivity index (χ4v) is 1.85. The molecule has 108 valence electrons. The molecule has 7 nitrogen and oxygen atoms in total. The zero-order valence-corrected chi connectivity index (χ0v) is 12.3. The van der Waals surface area contributed by atoms with Gasteiger partial charge in [0.05, 0.1) is 6.21 Å². The minimum Gasteiger partial charge on any atom is -0.353 e. The molecule has 20 heavy (non-hydrogen) atoms. The number of amidine groups is 1. The Bertz CT molecular complexity index is 515. The summed E-state index contributed by atoms with van der Waals surface area (Å²) in [6.45, 7) is 0.443. The summed E-state index contributed by atoms with van der Waals surface area (Å²) < 4.78 is 0. The van der Waals surface area contributed by atoms with E-state index in [9.17, 15) is 10.1 Å². The normalized spacial score (nSPS) is 13.5. The summed E-state index contributed by atoms with van der Waals surface area (Å²) in [5.74, 6) is 0.329. The first kappa shape index (κ1) is 16.0. The maximum absolute atomic E-state index is 11.1. The molecule has 0 aromatic carbocycles. The number of nitro groups is 1. The molecular weight excluding hydrogens is 282 g/mol. The van der Waals surface area contributed by atoms with Crippen molar-refractivity contribution in [3.05, 3.63) is 39.2 Å². The van der Waals surface area contributed by atoms with E-state index in [1.54, 1.807) is 24.2 Å². The van der Waals surface area contributed by atoms with E-state index < -0.39 is 11.0 Å². The van der Waals surface area contributed by atoms with Crippen LogP contribution in [0.5, 0.6) is 0 Å².